The molecular weight excluding hydrogens is 200 g/mol. The van der Waals surface area contributed by atoms with Gasteiger partial charge in [-0.1, -0.05) is 13.3 Å². The smallest absolute Gasteiger partial charge is 0.285 e. The predicted octanol–water partition coefficient (Wildman–Crippen LogP) is 1.51. The highest BCUT2D eigenvalue weighted by Gasteiger charge is 2.12. The van der Waals surface area contributed by atoms with Crippen molar-refractivity contribution in [1.29, 1.82) is 0 Å². The third-order valence-electron chi connectivity index (χ3n) is 2.78. The molecule has 0 aromatic carbocycles. The molecule has 1 rings (SSSR count). The molecule has 3 heteroatoms. The maximum Gasteiger partial charge on any atom is 0.285 e. The van der Waals surface area contributed by atoms with Crippen LogP contribution in [0.15, 0.2) is 18.3 Å². The molecule has 1 amide bonds. The molecule has 0 radical (unpaired) electrons. The van der Waals surface area contributed by atoms with Gasteiger partial charge < -0.3 is 5.32 Å². The van der Waals surface area contributed by atoms with E-state index in [9.17, 15) is 4.79 Å². The van der Waals surface area contributed by atoms with Crippen LogP contribution in [0.4, 0.5) is 0 Å². The molecule has 16 heavy (non-hydrogen) atoms. The largest absolute Gasteiger partial charge is 0.351 e. The minimum atomic E-state index is 0.0900. The summed E-state index contributed by atoms with van der Waals surface area (Å²) in [7, 11) is 0. The lowest BCUT2D eigenvalue weighted by Crippen LogP contribution is -2.45. The van der Waals surface area contributed by atoms with Gasteiger partial charge in [0.15, 0.2) is 11.9 Å². The summed E-state index contributed by atoms with van der Waals surface area (Å²) in [6.07, 6.45) is 4.10. The molecule has 0 unspecified atom stereocenters. The summed E-state index contributed by atoms with van der Waals surface area (Å²) < 4.78 is 1.98. The van der Waals surface area contributed by atoms with Crippen LogP contribution < -0.4 is 9.88 Å². The van der Waals surface area contributed by atoms with Crippen LogP contribution in [0.1, 0.15) is 31.0 Å². The molecule has 1 heterocycles. The van der Waals surface area contributed by atoms with Crippen LogP contribution in [-0.4, -0.2) is 12.5 Å². The first-order valence-electron chi connectivity index (χ1n) is 5.87. The lowest BCUT2D eigenvalue weighted by molar-refractivity contribution is -0.690. The summed E-state index contributed by atoms with van der Waals surface area (Å²) in [6, 6.07) is 4.03. The highest BCUT2D eigenvalue weighted by atomic mass is 16.1. The zero-order chi connectivity index (χ0) is 12.0. The zero-order valence-corrected chi connectivity index (χ0v) is 10.4. The minimum Gasteiger partial charge on any atom is -0.351 e. The number of unbranched alkanes of at least 4 members (excludes halogenated alkanes) is 1. The Morgan fingerprint density at radius 1 is 1.44 bits per heavy atom. The highest BCUT2D eigenvalue weighted by molar-refractivity contribution is 5.74. The number of aryl methyl sites for hydroxylation is 1. The van der Waals surface area contributed by atoms with Gasteiger partial charge in [-0.15, -0.1) is 0 Å². The Morgan fingerprint density at radius 3 is 2.88 bits per heavy atom. The fourth-order valence-electron chi connectivity index (χ4n) is 1.54. The third kappa shape index (κ3) is 3.65. The molecule has 0 aliphatic rings. The molecule has 0 fully saturated rings. The van der Waals surface area contributed by atoms with Gasteiger partial charge >= 0.3 is 0 Å². The van der Waals surface area contributed by atoms with Crippen LogP contribution in [0.3, 0.4) is 0 Å². The Bertz CT molecular complexity index is 361. The Balaban J connectivity index is 2.53. The molecule has 88 valence electrons. The molecule has 0 atom stereocenters. The van der Waals surface area contributed by atoms with Crippen molar-refractivity contribution < 1.29 is 9.36 Å². The second-order valence-electron chi connectivity index (χ2n) is 4.11. The number of nitrogens with one attached hydrogen (secondary N) is 1. The van der Waals surface area contributed by atoms with Gasteiger partial charge in [0.25, 0.3) is 5.91 Å². The van der Waals surface area contributed by atoms with Gasteiger partial charge in [-0.25, -0.2) is 0 Å². The number of aromatic nitrogens is 1. The maximum atomic E-state index is 11.6. The second kappa shape index (κ2) is 6.26. The zero-order valence-electron chi connectivity index (χ0n) is 10.4. The molecule has 0 aliphatic heterocycles. The van der Waals surface area contributed by atoms with Crippen molar-refractivity contribution in [2.75, 3.05) is 6.54 Å². The summed E-state index contributed by atoms with van der Waals surface area (Å²) in [5, 5.41) is 2.92. The normalized spacial score (nSPS) is 10.2. The predicted molar refractivity (Wildman–Crippen MR) is 64.0 cm³/mol. The van der Waals surface area contributed by atoms with Gasteiger partial charge in [0.05, 0.1) is 0 Å². The average Bonchev–Trinajstić information content (AvgIpc) is 2.25. The van der Waals surface area contributed by atoms with E-state index in [0.29, 0.717) is 6.54 Å². The van der Waals surface area contributed by atoms with Crippen LogP contribution >= 0.6 is 0 Å². The summed E-state index contributed by atoms with van der Waals surface area (Å²) in [5.41, 5.74) is 2.36. The van der Waals surface area contributed by atoms with E-state index in [2.05, 4.69) is 25.2 Å². The van der Waals surface area contributed by atoms with Gasteiger partial charge in [-0.2, -0.15) is 4.57 Å². The number of pyridine rings is 1. The van der Waals surface area contributed by atoms with Gasteiger partial charge in [0, 0.05) is 25.1 Å². The first-order valence-corrected chi connectivity index (χ1v) is 5.87. The Kier molecular flexibility index (Phi) is 4.96. The molecule has 0 aliphatic carbocycles. The van der Waals surface area contributed by atoms with Crippen molar-refractivity contribution in [3.05, 3.63) is 29.6 Å². The quantitative estimate of drug-likeness (QED) is 0.593. The Labute approximate surface area is 97.5 Å². The first-order chi connectivity index (χ1) is 7.65. The van der Waals surface area contributed by atoms with Gasteiger partial charge in [0.1, 0.15) is 0 Å². The lowest BCUT2D eigenvalue weighted by Gasteiger charge is -2.04. The molecular formula is C13H21N2O+. The van der Waals surface area contributed by atoms with Crippen LogP contribution in [0, 0.1) is 13.8 Å². The van der Waals surface area contributed by atoms with Crippen molar-refractivity contribution in [3.8, 4) is 0 Å². The molecule has 1 N–H and O–H groups in total. The summed E-state index contributed by atoms with van der Waals surface area (Å²) in [6.45, 7) is 7.40. The number of amides is 1. The van der Waals surface area contributed by atoms with E-state index >= 15 is 0 Å². The summed E-state index contributed by atoms with van der Waals surface area (Å²) in [4.78, 5) is 11.6. The Hall–Kier alpha value is -1.38. The number of hydrogen-bond acceptors (Lipinski definition) is 1. The number of carbonyl (C=O) groups is 1. The van der Waals surface area contributed by atoms with E-state index in [1.165, 1.54) is 5.56 Å². The third-order valence-corrected chi connectivity index (χ3v) is 2.78. The number of hydrogen-bond donors (Lipinski definition) is 1. The summed E-state index contributed by atoms with van der Waals surface area (Å²) in [5.74, 6) is 0.0900. The van der Waals surface area contributed by atoms with Crippen molar-refractivity contribution >= 4 is 5.91 Å². The maximum absolute atomic E-state index is 11.6. The van der Waals surface area contributed by atoms with Crippen LogP contribution in [0.2, 0.25) is 0 Å². The molecule has 0 saturated carbocycles. The Morgan fingerprint density at radius 2 is 2.19 bits per heavy atom. The van der Waals surface area contributed by atoms with Crippen molar-refractivity contribution in [3.63, 3.8) is 0 Å². The number of nitrogens with zero attached hydrogens (tertiary/aromatic N) is 1. The summed E-state index contributed by atoms with van der Waals surface area (Å²) >= 11 is 0. The van der Waals surface area contributed by atoms with Gasteiger partial charge in [-0.3, -0.25) is 4.79 Å². The fraction of sp³-hybridized carbons (Fsp3) is 0.538. The van der Waals surface area contributed by atoms with Crippen LogP contribution in [0.5, 0.6) is 0 Å². The van der Waals surface area contributed by atoms with Crippen LogP contribution in [0.25, 0.3) is 0 Å². The molecule has 0 bridgehead atoms. The molecule has 0 saturated heterocycles. The second-order valence-corrected chi connectivity index (χ2v) is 4.11. The number of rotatable bonds is 5. The highest BCUT2D eigenvalue weighted by Crippen LogP contribution is 1.98. The van der Waals surface area contributed by atoms with Crippen molar-refractivity contribution in [2.45, 2.75) is 40.2 Å². The fourth-order valence-corrected chi connectivity index (χ4v) is 1.54. The van der Waals surface area contributed by atoms with E-state index in [1.54, 1.807) is 0 Å². The number of carbonyl (C=O) groups excluding carboxylic acids is 1. The molecule has 1 aromatic rings. The lowest BCUT2D eigenvalue weighted by atomic mass is 10.2. The van der Waals surface area contributed by atoms with E-state index in [-0.39, 0.29) is 5.91 Å². The van der Waals surface area contributed by atoms with E-state index in [4.69, 9.17) is 0 Å². The average molecular weight is 221 g/mol. The van der Waals surface area contributed by atoms with Gasteiger partial charge in [-0.05, 0) is 19.4 Å². The van der Waals surface area contributed by atoms with Gasteiger partial charge in [0.2, 0.25) is 6.54 Å². The monoisotopic (exact) mass is 221 g/mol. The standard InChI is InChI=1S/C13H20N2O/c1-4-5-8-14-13(16)10-15-9-6-7-11(2)12(15)3/h6-7,9H,4-5,8,10H2,1-3H3/p+1. The van der Waals surface area contributed by atoms with Crippen LogP contribution in [-0.2, 0) is 11.3 Å². The first kappa shape index (κ1) is 12.7. The van der Waals surface area contributed by atoms with E-state index in [1.807, 2.05) is 23.8 Å². The SMILES string of the molecule is CCCCNC(=O)C[n+]1cccc(C)c1C. The van der Waals surface area contributed by atoms with Crippen molar-refractivity contribution in [2.24, 2.45) is 0 Å². The topological polar surface area (TPSA) is 33.0 Å². The van der Waals surface area contributed by atoms with E-state index in [0.717, 1.165) is 25.1 Å². The molecule has 3 nitrogen and oxygen atoms in total. The molecule has 0 spiro atoms. The van der Waals surface area contributed by atoms with Crippen molar-refractivity contribution in [1.82, 2.24) is 5.32 Å². The minimum absolute atomic E-state index is 0.0900. The molecule has 1 aromatic heterocycles. The van der Waals surface area contributed by atoms with E-state index < -0.39 is 0 Å².